The molecule has 4 aromatic rings. The van der Waals surface area contributed by atoms with E-state index in [1.165, 1.54) is 17.2 Å². The maximum absolute atomic E-state index is 14.5. The van der Waals surface area contributed by atoms with Gasteiger partial charge in [0.05, 0.1) is 18.2 Å². The molecule has 0 radical (unpaired) electrons. The van der Waals surface area contributed by atoms with Crippen molar-refractivity contribution in [1.29, 1.82) is 0 Å². The summed E-state index contributed by atoms with van der Waals surface area (Å²) in [6, 6.07) is 20.9. The Morgan fingerprint density at radius 2 is 1.69 bits per heavy atom. The first-order chi connectivity index (χ1) is 18.8. The predicted molar refractivity (Wildman–Crippen MR) is 145 cm³/mol. The van der Waals surface area contributed by atoms with Crippen LogP contribution in [0.15, 0.2) is 78.9 Å². The third-order valence-corrected chi connectivity index (χ3v) is 6.10. The van der Waals surface area contributed by atoms with Gasteiger partial charge in [-0.25, -0.2) is 14.0 Å². The lowest BCUT2D eigenvalue weighted by Crippen LogP contribution is -2.31. The van der Waals surface area contributed by atoms with E-state index in [0.29, 0.717) is 30.3 Å². The summed E-state index contributed by atoms with van der Waals surface area (Å²) >= 11 is 0. The van der Waals surface area contributed by atoms with E-state index < -0.39 is 11.9 Å². The number of para-hydroxylation sites is 1. The van der Waals surface area contributed by atoms with Gasteiger partial charge in [-0.1, -0.05) is 30.3 Å². The molecule has 202 valence electrons. The van der Waals surface area contributed by atoms with Crippen LogP contribution < -0.4 is 14.8 Å². The van der Waals surface area contributed by atoms with E-state index in [4.69, 9.17) is 19.7 Å². The third-order valence-electron chi connectivity index (χ3n) is 6.10. The van der Waals surface area contributed by atoms with Gasteiger partial charge < -0.3 is 30.0 Å². The minimum atomic E-state index is -1.26. The highest BCUT2D eigenvalue weighted by atomic mass is 19.1. The van der Waals surface area contributed by atoms with E-state index in [1.807, 2.05) is 49.4 Å². The molecule has 1 aliphatic heterocycles. The highest BCUT2D eigenvalue weighted by Gasteiger charge is 2.26. The van der Waals surface area contributed by atoms with Crippen LogP contribution in [0.1, 0.15) is 29.8 Å². The zero-order valence-electron chi connectivity index (χ0n) is 21.3. The highest BCUT2D eigenvalue weighted by Crippen LogP contribution is 2.38. The Hall–Kier alpha value is -4.63. The highest BCUT2D eigenvalue weighted by molar-refractivity contribution is 5.90. The summed E-state index contributed by atoms with van der Waals surface area (Å²) in [6.07, 6.45) is 2.80. The van der Waals surface area contributed by atoms with Crippen LogP contribution >= 0.6 is 0 Å². The Morgan fingerprint density at radius 3 is 2.33 bits per heavy atom. The van der Waals surface area contributed by atoms with Crippen LogP contribution in [-0.4, -0.2) is 40.3 Å². The minimum absolute atomic E-state index is 0.127. The zero-order chi connectivity index (χ0) is 27.8. The largest absolute Gasteiger partial charge is 0.494 e. The van der Waals surface area contributed by atoms with Gasteiger partial charge in [0.2, 0.25) is 0 Å². The number of aromatic nitrogens is 1. The fraction of sp³-hybridized carbons (Fsp3) is 0.200. The monoisotopic (exact) mass is 532 g/mol. The van der Waals surface area contributed by atoms with Crippen LogP contribution in [0.4, 0.5) is 4.39 Å². The number of carboxylic acid groups (broad SMARTS) is 2. The number of rotatable bonds is 8. The van der Waals surface area contributed by atoms with Crippen molar-refractivity contribution in [3.63, 3.8) is 0 Å². The average molecular weight is 533 g/mol. The van der Waals surface area contributed by atoms with E-state index >= 15 is 0 Å². The van der Waals surface area contributed by atoms with E-state index in [2.05, 4.69) is 22.4 Å². The number of carbonyl (C=O) groups is 2. The molecule has 0 amide bonds. The van der Waals surface area contributed by atoms with Crippen LogP contribution in [0.5, 0.6) is 17.2 Å². The molecule has 0 fully saturated rings. The number of carboxylic acids is 2. The molecule has 0 saturated heterocycles. The van der Waals surface area contributed by atoms with Gasteiger partial charge in [-0.05, 0) is 67.8 Å². The SMILES string of the molecule is CCOc1ccc(CC2NCCc3c2[nH]c2c(Oc4ccccc4)cc(F)cc32)cc1.O=C(O)/C=C\C(=O)O. The van der Waals surface area contributed by atoms with Crippen molar-refractivity contribution in [1.82, 2.24) is 10.3 Å². The number of H-pyrrole nitrogens is 1. The summed E-state index contributed by atoms with van der Waals surface area (Å²) in [4.78, 5) is 22.7. The molecule has 0 spiro atoms. The smallest absolute Gasteiger partial charge is 0.328 e. The van der Waals surface area contributed by atoms with Crippen molar-refractivity contribution < 1.29 is 33.7 Å². The van der Waals surface area contributed by atoms with Crippen LogP contribution in [0.2, 0.25) is 0 Å². The van der Waals surface area contributed by atoms with E-state index in [9.17, 15) is 14.0 Å². The van der Waals surface area contributed by atoms with Crippen molar-refractivity contribution in [2.75, 3.05) is 13.2 Å². The van der Waals surface area contributed by atoms with Crippen LogP contribution in [0.25, 0.3) is 10.9 Å². The Kier molecular flexibility index (Phi) is 8.96. The molecule has 0 bridgehead atoms. The van der Waals surface area contributed by atoms with Crippen LogP contribution in [0.3, 0.4) is 0 Å². The summed E-state index contributed by atoms with van der Waals surface area (Å²) in [5.74, 6) is -0.726. The van der Waals surface area contributed by atoms with Crippen molar-refractivity contribution in [3.05, 3.63) is 102 Å². The fourth-order valence-corrected chi connectivity index (χ4v) is 4.48. The van der Waals surface area contributed by atoms with Gasteiger partial charge in [-0.3, -0.25) is 0 Å². The molecular weight excluding hydrogens is 503 g/mol. The minimum Gasteiger partial charge on any atom is -0.494 e. The van der Waals surface area contributed by atoms with Crippen molar-refractivity contribution in [2.24, 2.45) is 0 Å². The molecule has 0 saturated carbocycles. The first-order valence-corrected chi connectivity index (χ1v) is 12.5. The molecule has 1 aromatic heterocycles. The van der Waals surface area contributed by atoms with Gasteiger partial charge in [-0.2, -0.15) is 0 Å². The number of fused-ring (bicyclic) bond motifs is 3. The summed E-state index contributed by atoms with van der Waals surface area (Å²) in [7, 11) is 0. The molecule has 39 heavy (non-hydrogen) atoms. The molecule has 1 aliphatic rings. The maximum atomic E-state index is 14.5. The number of halogens is 1. The van der Waals surface area contributed by atoms with E-state index in [1.54, 1.807) is 6.07 Å². The number of hydrogen-bond acceptors (Lipinski definition) is 5. The fourth-order valence-electron chi connectivity index (χ4n) is 4.48. The molecule has 4 N–H and O–H groups in total. The van der Waals surface area contributed by atoms with Crippen molar-refractivity contribution >= 4 is 22.8 Å². The second-order valence-electron chi connectivity index (χ2n) is 8.81. The van der Waals surface area contributed by atoms with Gasteiger partial charge in [0, 0.05) is 29.3 Å². The maximum Gasteiger partial charge on any atom is 0.328 e. The normalized spacial score (nSPS) is 14.4. The van der Waals surface area contributed by atoms with Crippen molar-refractivity contribution in [2.45, 2.75) is 25.8 Å². The number of aliphatic carboxylic acids is 2. The second-order valence-corrected chi connectivity index (χ2v) is 8.81. The second kappa shape index (κ2) is 12.7. The topological polar surface area (TPSA) is 121 Å². The third kappa shape index (κ3) is 7.24. The molecule has 1 unspecified atom stereocenters. The van der Waals surface area contributed by atoms with Gasteiger partial charge in [0.25, 0.3) is 0 Å². The molecule has 2 heterocycles. The van der Waals surface area contributed by atoms with Gasteiger partial charge in [0.15, 0.2) is 5.75 Å². The predicted octanol–water partition coefficient (Wildman–Crippen LogP) is 5.64. The molecule has 5 rings (SSSR count). The van der Waals surface area contributed by atoms with E-state index in [-0.39, 0.29) is 11.9 Å². The standard InChI is InChI=1S/C26H25FN2O2.C4H4O4/c1-2-30-19-10-8-17(9-11-19)14-23-25-21(12-13-28-23)22-15-18(27)16-24(26(22)29-25)31-20-6-4-3-5-7-20;5-3(6)1-2-4(7)8/h3-11,15-16,23,28-29H,2,12-14H2,1H3;1-2H,(H,5,6)(H,7,8)/b;2-1-. The lowest BCUT2D eigenvalue weighted by molar-refractivity contribution is -0.134. The lowest BCUT2D eigenvalue weighted by atomic mass is 9.94. The summed E-state index contributed by atoms with van der Waals surface area (Å²) in [5, 5.41) is 20.1. The van der Waals surface area contributed by atoms with Gasteiger partial charge in [0.1, 0.15) is 17.3 Å². The first kappa shape index (κ1) is 27.4. The number of hydrogen-bond donors (Lipinski definition) is 4. The first-order valence-electron chi connectivity index (χ1n) is 12.5. The lowest BCUT2D eigenvalue weighted by Gasteiger charge is -2.24. The molecule has 1 atom stereocenters. The Labute approximate surface area is 224 Å². The number of aromatic amines is 1. The zero-order valence-corrected chi connectivity index (χ0v) is 21.3. The number of ether oxygens (including phenoxy) is 2. The summed E-state index contributed by atoms with van der Waals surface area (Å²) < 4.78 is 26.1. The number of benzene rings is 3. The Balaban J connectivity index is 0.000000386. The summed E-state index contributed by atoms with van der Waals surface area (Å²) in [6.45, 7) is 3.49. The molecule has 9 heteroatoms. The summed E-state index contributed by atoms with van der Waals surface area (Å²) in [5.41, 5.74) is 4.34. The molecular formula is C30H29FN2O6. The molecule has 3 aromatic carbocycles. The average Bonchev–Trinajstić information content (AvgIpc) is 3.29. The molecule has 8 nitrogen and oxygen atoms in total. The number of nitrogens with one attached hydrogen (secondary N) is 2. The van der Waals surface area contributed by atoms with Crippen LogP contribution in [0, 0.1) is 5.82 Å². The van der Waals surface area contributed by atoms with Gasteiger partial charge >= 0.3 is 11.9 Å². The quantitative estimate of drug-likeness (QED) is 0.217. The van der Waals surface area contributed by atoms with Crippen molar-refractivity contribution in [3.8, 4) is 17.2 Å². The van der Waals surface area contributed by atoms with Crippen LogP contribution in [-0.2, 0) is 22.4 Å². The van der Waals surface area contributed by atoms with Gasteiger partial charge in [-0.15, -0.1) is 0 Å². The van der Waals surface area contributed by atoms with E-state index in [0.717, 1.165) is 41.7 Å². The Morgan fingerprint density at radius 1 is 1.00 bits per heavy atom. The Bertz CT molecular complexity index is 1450. The molecule has 0 aliphatic carbocycles.